The Kier molecular flexibility index (Phi) is 4.58. The molecule has 0 saturated heterocycles. The van der Waals surface area contributed by atoms with E-state index in [4.69, 9.17) is 9.84 Å². The minimum atomic E-state index is -4.86. The van der Waals surface area contributed by atoms with Crippen molar-refractivity contribution in [3.05, 3.63) is 17.5 Å². The molecule has 1 heterocycles. The van der Waals surface area contributed by atoms with Crippen LogP contribution in [0.5, 0.6) is 11.5 Å². The van der Waals surface area contributed by atoms with Crippen LogP contribution in [0.25, 0.3) is 0 Å². The highest BCUT2D eigenvalue weighted by Gasteiger charge is 2.34. The van der Waals surface area contributed by atoms with Crippen molar-refractivity contribution in [2.24, 2.45) is 0 Å². The van der Waals surface area contributed by atoms with Gasteiger partial charge < -0.3 is 14.6 Å². The van der Waals surface area contributed by atoms with Gasteiger partial charge in [0, 0.05) is 17.1 Å². The molecule has 0 aromatic carbocycles. The maximum absolute atomic E-state index is 12.2. The number of aliphatic hydroxyl groups excluding tert-OH is 1. The predicted molar refractivity (Wildman–Crippen MR) is 56.0 cm³/mol. The Morgan fingerprint density at radius 3 is 2.47 bits per heavy atom. The molecule has 4 nitrogen and oxygen atoms in total. The summed E-state index contributed by atoms with van der Waals surface area (Å²) >= 11 is 3.07. The number of hydrogen-bond donors (Lipinski definition) is 1. The zero-order valence-electron chi connectivity index (χ0n) is 8.71. The van der Waals surface area contributed by atoms with Gasteiger partial charge in [-0.3, -0.25) is 4.98 Å². The molecule has 17 heavy (non-hydrogen) atoms. The number of pyridine rings is 1. The Labute approximate surface area is 103 Å². The normalized spacial score (nSPS) is 11.4. The quantitative estimate of drug-likeness (QED) is 0.867. The lowest BCUT2D eigenvalue weighted by Crippen LogP contribution is -2.19. The summed E-state index contributed by atoms with van der Waals surface area (Å²) in [6, 6.07) is 0. The van der Waals surface area contributed by atoms with Crippen molar-refractivity contribution >= 4 is 15.9 Å². The van der Waals surface area contributed by atoms with Crippen LogP contribution < -0.4 is 9.47 Å². The van der Waals surface area contributed by atoms with E-state index in [1.165, 1.54) is 7.11 Å². The molecule has 0 aliphatic carbocycles. The smallest absolute Gasteiger partial charge is 0.491 e. The summed E-state index contributed by atoms with van der Waals surface area (Å²) < 4.78 is 45.3. The van der Waals surface area contributed by atoms with Gasteiger partial charge in [0.25, 0.3) is 0 Å². The average molecular weight is 316 g/mol. The Balaban J connectivity index is 3.30. The van der Waals surface area contributed by atoms with Gasteiger partial charge in [-0.1, -0.05) is 15.9 Å². The van der Waals surface area contributed by atoms with Gasteiger partial charge in [0.15, 0.2) is 11.5 Å². The monoisotopic (exact) mass is 315 g/mol. The average Bonchev–Trinajstić information content (AvgIpc) is 2.26. The van der Waals surface area contributed by atoms with E-state index < -0.39 is 18.7 Å². The molecule has 0 amide bonds. The fourth-order valence-electron chi connectivity index (χ4n) is 1.20. The molecule has 0 radical (unpaired) electrons. The fraction of sp³-hybridized carbons (Fsp3) is 0.444. The number of nitrogens with zero attached hydrogens (tertiary/aromatic N) is 1. The van der Waals surface area contributed by atoms with E-state index in [9.17, 15) is 13.2 Å². The highest BCUT2D eigenvalue weighted by Crippen LogP contribution is 2.37. The summed E-state index contributed by atoms with van der Waals surface area (Å²) in [6.45, 7) is -0.628. The van der Waals surface area contributed by atoms with E-state index in [-0.39, 0.29) is 22.3 Å². The highest BCUT2D eigenvalue weighted by molar-refractivity contribution is 9.08. The second-order valence-electron chi connectivity index (χ2n) is 2.93. The summed E-state index contributed by atoms with van der Waals surface area (Å²) in [4.78, 5) is 3.85. The van der Waals surface area contributed by atoms with E-state index in [2.05, 4.69) is 25.7 Å². The lowest BCUT2D eigenvalue weighted by atomic mass is 10.2. The van der Waals surface area contributed by atoms with Crippen molar-refractivity contribution in [2.45, 2.75) is 18.3 Å². The molecule has 1 N–H and O–H groups in total. The fourth-order valence-corrected chi connectivity index (χ4v) is 1.60. The maximum Gasteiger partial charge on any atom is 0.573 e. The molecule has 0 unspecified atom stereocenters. The summed E-state index contributed by atoms with van der Waals surface area (Å²) in [7, 11) is 1.20. The van der Waals surface area contributed by atoms with Crippen molar-refractivity contribution in [2.75, 3.05) is 7.11 Å². The molecule has 0 atom stereocenters. The molecule has 0 spiro atoms. The van der Waals surface area contributed by atoms with E-state index in [0.29, 0.717) is 0 Å². The molecule has 1 rings (SSSR count). The lowest BCUT2D eigenvalue weighted by molar-refractivity contribution is -0.275. The Morgan fingerprint density at radius 1 is 1.41 bits per heavy atom. The van der Waals surface area contributed by atoms with Crippen LogP contribution >= 0.6 is 15.9 Å². The second kappa shape index (κ2) is 5.54. The van der Waals surface area contributed by atoms with Gasteiger partial charge in [0.2, 0.25) is 0 Å². The number of alkyl halides is 4. The maximum atomic E-state index is 12.2. The summed E-state index contributed by atoms with van der Waals surface area (Å²) in [5.41, 5.74) is 0.160. The Bertz CT molecular complexity index is 398. The van der Waals surface area contributed by atoms with Crippen LogP contribution in [0.1, 0.15) is 11.3 Å². The Hall–Kier alpha value is -1.02. The van der Waals surface area contributed by atoms with Gasteiger partial charge in [-0.2, -0.15) is 0 Å². The highest BCUT2D eigenvalue weighted by atomic mass is 79.9. The van der Waals surface area contributed by atoms with Crippen molar-refractivity contribution in [1.82, 2.24) is 4.98 Å². The molecule has 8 heteroatoms. The summed E-state index contributed by atoms with van der Waals surface area (Å²) in [6.07, 6.45) is -3.75. The zero-order chi connectivity index (χ0) is 13.1. The minimum Gasteiger partial charge on any atom is -0.491 e. The third-order valence-electron chi connectivity index (χ3n) is 1.86. The number of aliphatic hydroxyl groups is 1. The van der Waals surface area contributed by atoms with Crippen LogP contribution in [-0.4, -0.2) is 23.6 Å². The van der Waals surface area contributed by atoms with Gasteiger partial charge in [-0.25, -0.2) is 0 Å². The third kappa shape index (κ3) is 3.47. The zero-order valence-corrected chi connectivity index (χ0v) is 10.3. The van der Waals surface area contributed by atoms with Crippen LogP contribution in [-0.2, 0) is 11.9 Å². The standard InChI is InChI=1S/C9H9BrF3NO3/c1-16-8-6(2-10)14-3-5(4-15)7(8)17-9(11,12)13/h3,15H,2,4H2,1H3. The Morgan fingerprint density at radius 2 is 2.06 bits per heavy atom. The number of aromatic nitrogens is 1. The van der Waals surface area contributed by atoms with Crippen molar-refractivity contribution < 1.29 is 27.8 Å². The first kappa shape index (κ1) is 14.0. The second-order valence-corrected chi connectivity index (χ2v) is 3.49. The molecule has 0 aliphatic heterocycles. The van der Waals surface area contributed by atoms with E-state index >= 15 is 0 Å². The van der Waals surface area contributed by atoms with Crippen LogP contribution in [0.2, 0.25) is 0 Å². The molecule has 1 aromatic heterocycles. The largest absolute Gasteiger partial charge is 0.573 e. The third-order valence-corrected chi connectivity index (χ3v) is 2.39. The van der Waals surface area contributed by atoms with Gasteiger partial charge in [0.05, 0.1) is 19.4 Å². The molecular weight excluding hydrogens is 307 g/mol. The van der Waals surface area contributed by atoms with Gasteiger partial charge in [-0.05, 0) is 0 Å². The van der Waals surface area contributed by atoms with Crippen molar-refractivity contribution in [3.8, 4) is 11.5 Å². The molecule has 0 saturated carbocycles. The van der Waals surface area contributed by atoms with Crippen molar-refractivity contribution in [1.29, 1.82) is 0 Å². The van der Waals surface area contributed by atoms with Gasteiger partial charge >= 0.3 is 6.36 Å². The predicted octanol–water partition coefficient (Wildman–Crippen LogP) is 2.38. The molecule has 1 aromatic rings. The van der Waals surface area contributed by atoms with Crippen LogP contribution in [0.15, 0.2) is 6.20 Å². The summed E-state index contributed by atoms with van der Waals surface area (Å²) in [5, 5.41) is 9.15. The first-order valence-electron chi connectivity index (χ1n) is 4.40. The van der Waals surface area contributed by atoms with Gasteiger partial charge in [0.1, 0.15) is 0 Å². The first-order chi connectivity index (χ1) is 7.92. The number of halogens is 4. The molecule has 0 fully saturated rings. The van der Waals surface area contributed by atoms with Crippen LogP contribution in [0.4, 0.5) is 13.2 Å². The lowest BCUT2D eigenvalue weighted by Gasteiger charge is -2.16. The van der Waals surface area contributed by atoms with E-state index in [1.54, 1.807) is 0 Å². The molecular formula is C9H9BrF3NO3. The van der Waals surface area contributed by atoms with Crippen LogP contribution in [0.3, 0.4) is 0 Å². The molecule has 96 valence electrons. The number of ether oxygens (including phenoxy) is 2. The minimum absolute atomic E-state index is 0.0936. The number of methoxy groups -OCH3 is 1. The number of hydrogen-bond acceptors (Lipinski definition) is 4. The van der Waals surface area contributed by atoms with Crippen molar-refractivity contribution in [3.63, 3.8) is 0 Å². The topological polar surface area (TPSA) is 51.6 Å². The SMILES string of the molecule is COc1c(CBr)ncc(CO)c1OC(F)(F)F. The molecule has 0 bridgehead atoms. The van der Waals surface area contributed by atoms with Crippen LogP contribution in [0, 0.1) is 0 Å². The first-order valence-corrected chi connectivity index (χ1v) is 5.52. The number of rotatable bonds is 4. The summed E-state index contributed by atoms with van der Waals surface area (Å²) in [5.74, 6) is -0.710. The van der Waals surface area contributed by atoms with E-state index in [1.807, 2.05) is 0 Å². The van der Waals surface area contributed by atoms with Gasteiger partial charge in [-0.15, -0.1) is 13.2 Å². The van der Waals surface area contributed by atoms with E-state index in [0.717, 1.165) is 6.20 Å². The molecule has 0 aliphatic rings.